The van der Waals surface area contributed by atoms with Crippen molar-refractivity contribution >= 4 is 31.9 Å². The molecule has 0 heterocycles. The van der Waals surface area contributed by atoms with Crippen molar-refractivity contribution in [2.24, 2.45) is 5.92 Å². The van der Waals surface area contributed by atoms with Crippen LogP contribution in [0.2, 0.25) is 0 Å². The first-order chi connectivity index (χ1) is 8.69. The molecule has 1 N–H and O–H groups in total. The summed E-state index contributed by atoms with van der Waals surface area (Å²) in [6, 6.07) is 7.19. The van der Waals surface area contributed by atoms with E-state index in [0.29, 0.717) is 0 Å². The Morgan fingerprint density at radius 2 is 1.83 bits per heavy atom. The zero-order valence-electron chi connectivity index (χ0n) is 10.9. The zero-order chi connectivity index (χ0) is 13.0. The highest BCUT2D eigenvalue weighted by Crippen LogP contribution is 2.27. The van der Waals surface area contributed by atoms with E-state index in [1.54, 1.807) is 0 Å². The van der Waals surface area contributed by atoms with Crippen LogP contribution in [0.3, 0.4) is 0 Å². The fourth-order valence-corrected chi connectivity index (χ4v) is 3.36. The van der Waals surface area contributed by atoms with Crippen molar-refractivity contribution in [1.82, 2.24) is 5.32 Å². The molecule has 0 radical (unpaired) electrons. The Morgan fingerprint density at radius 1 is 1.11 bits per heavy atom. The second-order valence-corrected chi connectivity index (χ2v) is 6.96. The first-order valence-electron chi connectivity index (χ1n) is 6.86. The highest BCUT2D eigenvalue weighted by molar-refractivity contribution is 9.13. The topological polar surface area (TPSA) is 12.0 Å². The SMILES string of the molecule is CCC1CCC(NCc2ccc(Br)c(Br)c2)CC1. The minimum Gasteiger partial charge on any atom is -0.310 e. The molecule has 1 fully saturated rings. The molecule has 0 atom stereocenters. The van der Waals surface area contributed by atoms with Gasteiger partial charge in [-0.2, -0.15) is 0 Å². The van der Waals surface area contributed by atoms with Crippen LogP contribution in [0.4, 0.5) is 0 Å². The molecule has 1 aromatic rings. The second-order valence-electron chi connectivity index (χ2n) is 5.26. The highest BCUT2D eigenvalue weighted by atomic mass is 79.9. The first-order valence-corrected chi connectivity index (χ1v) is 8.45. The summed E-state index contributed by atoms with van der Waals surface area (Å²) in [5, 5.41) is 3.69. The Kier molecular flexibility index (Phi) is 5.71. The summed E-state index contributed by atoms with van der Waals surface area (Å²) in [4.78, 5) is 0. The van der Waals surface area contributed by atoms with Crippen LogP contribution >= 0.6 is 31.9 Å². The quantitative estimate of drug-likeness (QED) is 0.756. The summed E-state index contributed by atoms with van der Waals surface area (Å²) in [6.07, 6.45) is 6.84. The van der Waals surface area contributed by atoms with Crippen LogP contribution in [0.25, 0.3) is 0 Å². The van der Waals surface area contributed by atoms with Crippen LogP contribution < -0.4 is 5.32 Å². The Morgan fingerprint density at radius 3 is 2.44 bits per heavy atom. The van der Waals surface area contributed by atoms with Crippen molar-refractivity contribution in [3.05, 3.63) is 32.7 Å². The van der Waals surface area contributed by atoms with E-state index < -0.39 is 0 Å². The molecule has 1 aromatic carbocycles. The van der Waals surface area contributed by atoms with E-state index in [4.69, 9.17) is 0 Å². The van der Waals surface area contributed by atoms with Gasteiger partial charge in [-0.1, -0.05) is 19.4 Å². The number of rotatable bonds is 4. The third kappa shape index (κ3) is 4.07. The maximum absolute atomic E-state index is 3.69. The van der Waals surface area contributed by atoms with Gasteiger partial charge < -0.3 is 5.32 Å². The molecule has 1 aliphatic rings. The molecule has 0 aromatic heterocycles. The molecular weight excluding hydrogens is 354 g/mol. The van der Waals surface area contributed by atoms with E-state index in [2.05, 4.69) is 62.3 Å². The summed E-state index contributed by atoms with van der Waals surface area (Å²) < 4.78 is 2.26. The smallest absolute Gasteiger partial charge is 0.0320 e. The van der Waals surface area contributed by atoms with Crippen LogP contribution in [-0.2, 0) is 6.54 Å². The zero-order valence-corrected chi connectivity index (χ0v) is 14.1. The summed E-state index contributed by atoms with van der Waals surface area (Å²) in [6.45, 7) is 3.30. The Labute approximate surface area is 127 Å². The summed E-state index contributed by atoms with van der Waals surface area (Å²) in [5.74, 6) is 0.977. The number of hydrogen-bond donors (Lipinski definition) is 1. The van der Waals surface area contributed by atoms with Crippen molar-refractivity contribution in [2.45, 2.75) is 51.6 Å². The first kappa shape index (κ1) is 14.5. The van der Waals surface area contributed by atoms with Gasteiger partial charge in [-0.3, -0.25) is 0 Å². The van der Waals surface area contributed by atoms with Gasteiger partial charge in [-0.25, -0.2) is 0 Å². The molecule has 18 heavy (non-hydrogen) atoms. The van der Waals surface area contributed by atoms with Crippen molar-refractivity contribution in [3.63, 3.8) is 0 Å². The summed E-state index contributed by atoms with van der Waals surface area (Å²) in [7, 11) is 0. The minimum absolute atomic E-state index is 0.718. The molecule has 2 rings (SSSR count). The van der Waals surface area contributed by atoms with E-state index >= 15 is 0 Å². The van der Waals surface area contributed by atoms with Crippen LogP contribution in [0.15, 0.2) is 27.1 Å². The van der Waals surface area contributed by atoms with Gasteiger partial charge >= 0.3 is 0 Å². The van der Waals surface area contributed by atoms with E-state index in [1.165, 1.54) is 37.7 Å². The molecule has 1 aliphatic carbocycles. The second kappa shape index (κ2) is 7.06. The normalized spacial score (nSPS) is 24.2. The average molecular weight is 375 g/mol. The molecule has 0 bridgehead atoms. The lowest BCUT2D eigenvalue weighted by atomic mass is 9.84. The van der Waals surface area contributed by atoms with Gasteiger partial charge in [0.1, 0.15) is 0 Å². The molecular formula is C15H21Br2N. The standard InChI is InChI=1S/C15H21Br2N/c1-2-11-3-6-13(7-4-11)18-10-12-5-8-14(16)15(17)9-12/h5,8-9,11,13,18H,2-4,6-7,10H2,1H3. The van der Waals surface area contributed by atoms with Gasteiger partial charge in [0.05, 0.1) is 0 Å². The van der Waals surface area contributed by atoms with Crippen LogP contribution in [-0.4, -0.2) is 6.04 Å². The number of benzene rings is 1. The molecule has 0 amide bonds. The summed E-state index contributed by atoms with van der Waals surface area (Å²) >= 11 is 7.06. The van der Waals surface area contributed by atoms with Crippen molar-refractivity contribution in [3.8, 4) is 0 Å². The van der Waals surface area contributed by atoms with Gasteiger partial charge in [0.2, 0.25) is 0 Å². The van der Waals surface area contributed by atoms with E-state index in [0.717, 1.165) is 27.4 Å². The van der Waals surface area contributed by atoms with Crippen molar-refractivity contribution in [2.75, 3.05) is 0 Å². The third-order valence-corrected chi connectivity index (χ3v) is 5.88. The van der Waals surface area contributed by atoms with Crippen LogP contribution in [0.5, 0.6) is 0 Å². The number of halogens is 2. The number of hydrogen-bond acceptors (Lipinski definition) is 1. The molecule has 0 saturated heterocycles. The highest BCUT2D eigenvalue weighted by Gasteiger charge is 2.19. The molecule has 100 valence electrons. The Bertz CT molecular complexity index is 384. The van der Waals surface area contributed by atoms with E-state index in [1.807, 2.05) is 0 Å². The monoisotopic (exact) mass is 373 g/mol. The molecule has 0 aliphatic heterocycles. The van der Waals surface area contributed by atoms with Gasteiger partial charge in [0, 0.05) is 21.5 Å². The lowest BCUT2D eigenvalue weighted by Gasteiger charge is -2.28. The van der Waals surface area contributed by atoms with Gasteiger partial charge in [-0.05, 0) is 81.2 Å². The lowest BCUT2D eigenvalue weighted by molar-refractivity contribution is 0.285. The molecule has 1 nitrogen and oxygen atoms in total. The Balaban J connectivity index is 1.79. The predicted octanol–water partition coefficient (Wildman–Crippen LogP) is 5.27. The van der Waals surface area contributed by atoms with Gasteiger partial charge in [0.25, 0.3) is 0 Å². The maximum Gasteiger partial charge on any atom is 0.0320 e. The lowest BCUT2D eigenvalue weighted by Crippen LogP contribution is -2.32. The van der Waals surface area contributed by atoms with Crippen molar-refractivity contribution < 1.29 is 0 Å². The van der Waals surface area contributed by atoms with Crippen LogP contribution in [0.1, 0.15) is 44.6 Å². The average Bonchev–Trinajstić information content (AvgIpc) is 2.41. The molecule has 0 spiro atoms. The van der Waals surface area contributed by atoms with Crippen LogP contribution in [0, 0.1) is 5.92 Å². The van der Waals surface area contributed by atoms with Gasteiger partial charge in [0.15, 0.2) is 0 Å². The fourth-order valence-electron chi connectivity index (χ4n) is 2.69. The Hall–Kier alpha value is 0.140. The third-order valence-electron chi connectivity index (χ3n) is 4.00. The molecule has 1 saturated carbocycles. The fraction of sp³-hybridized carbons (Fsp3) is 0.600. The van der Waals surface area contributed by atoms with Crippen molar-refractivity contribution in [1.29, 1.82) is 0 Å². The predicted molar refractivity (Wildman–Crippen MR) is 84.7 cm³/mol. The van der Waals surface area contributed by atoms with Gasteiger partial charge in [-0.15, -0.1) is 0 Å². The van der Waals surface area contributed by atoms with E-state index in [-0.39, 0.29) is 0 Å². The maximum atomic E-state index is 3.69. The number of nitrogens with one attached hydrogen (secondary N) is 1. The minimum atomic E-state index is 0.718. The largest absolute Gasteiger partial charge is 0.310 e. The van der Waals surface area contributed by atoms with E-state index in [9.17, 15) is 0 Å². The summed E-state index contributed by atoms with van der Waals surface area (Å²) in [5.41, 5.74) is 1.35. The molecule has 0 unspecified atom stereocenters. The molecule has 3 heteroatoms.